The lowest BCUT2D eigenvalue weighted by atomic mass is 10.1. The number of carbonyl (C=O) groups is 2. The Morgan fingerprint density at radius 1 is 1.32 bits per heavy atom. The monoisotopic (exact) mass is 319 g/mol. The number of rotatable bonds is 7. The third-order valence-corrected chi connectivity index (χ3v) is 4.86. The second-order valence-corrected chi connectivity index (χ2v) is 6.67. The molecule has 0 aliphatic rings. The van der Waals surface area contributed by atoms with E-state index in [9.17, 15) is 9.59 Å². The van der Waals surface area contributed by atoms with Gasteiger partial charge in [-0.2, -0.15) is 0 Å². The fraction of sp³-hybridized carbons (Fsp3) is 0.412. The summed E-state index contributed by atoms with van der Waals surface area (Å²) in [5.41, 5.74) is 2.80. The minimum absolute atomic E-state index is 0.00331. The lowest BCUT2D eigenvalue weighted by molar-refractivity contribution is -0.903. The molecule has 22 heavy (non-hydrogen) atoms. The maximum Gasteiger partial charge on any atom is 0.233 e. The molecule has 2 rings (SSSR count). The van der Waals surface area contributed by atoms with Crippen molar-refractivity contribution < 1.29 is 14.5 Å². The van der Waals surface area contributed by atoms with Crippen molar-refractivity contribution >= 4 is 22.9 Å². The smallest absolute Gasteiger partial charge is 0.233 e. The average molecular weight is 319 g/mol. The minimum atomic E-state index is 0.00331. The van der Waals surface area contributed by atoms with Gasteiger partial charge >= 0.3 is 0 Å². The number of H-pyrrole nitrogens is 1. The largest absolute Gasteiger partial charge is 0.355 e. The van der Waals surface area contributed by atoms with Crippen LogP contribution in [-0.4, -0.2) is 29.6 Å². The number of nitrogens with one attached hydrogen (secondary N) is 2. The van der Waals surface area contributed by atoms with Crippen LogP contribution < -0.4 is 4.90 Å². The van der Waals surface area contributed by atoms with Gasteiger partial charge < -0.3 is 9.88 Å². The molecule has 0 aromatic carbocycles. The van der Waals surface area contributed by atoms with Gasteiger partial charge in [-0.25, -0.2) is 0 Å². The number of carbonyl (C=O) groups excluding carboxylic acids is 2. The highest BCUT2D eigenvalue weighted by Gasteiger charge is 2.22. The Labute approximate surface area is 135 Å². The predicted molar refractivity (Wildman–Crippen MR) is 89.0 cm³/mol. The van der Waals surface area contributed by atoms with Crippen LogP contribution in [0, 0.1) is 13.8 Å². The van der Waals surface area contributed by atoms with Gasteiger partial charge in [0.25, 0.3) is 0 Å². The van der Waals surface area contributed by atoms with Crippen LogP contribution in [0.1, 0.15) is 50.8 Å². The maximum absolute atomic E-state index is 12.6. The van der Waals surface area contributed by atoms with Gasteiger partial charge in [0.1, 0.15) is 13.1 Å². The van der Waals surface area contributed by atoms with Gasteiger partial charge in [0.2, 0.25) is 5.78 Å². The molecule has 2 aromatic rings. The Bertz CT molecular complexity index is 671. The van der Waals surface area contributed by atoms with Gasteiger partial charge in [-0.05, 0) is 44.7 Å². The van der Waals surface area contributed by atoms with Crippen molar-refractivity contribution in [3.8, 4) is 0 Å². The second-order valence-electron chi connectivity index (χ2n) is 5.64. The summed E-state index contributed by atoms with van der Waals surface area (Å²) in [6.45, 7) is 9.50. The van der Waals surface area contributed by atoms with Crippen LogP contribution in [0.4, 0.5) is 0 Å². The van der Waals surface area contributed by atoms with Crippen molar-refractivity contribution in [3.63, 3.8) is 0 Å². The zero-order valence-corrected chi connectivity index (χ0v) is 14.4. The van der Waals surface area contributed by atoms with E-state index in [0.717, 1.165) is 24.3 Å². The summed E-state index contributed by atoms with van der Waals surface area (Å²) in [5.74, 6) is 0.0742. The normalized spacial score (nSPS) is 12.4. The third kappa shape index (κ3) is 3.54. The van der Waals surface area contributed by atoms with E-state index in [1.807, 2.05) is 19.9 Å². The lowest BCUT2D eigenvalue weighted by Gasteiger charge is -2.15. The Hall–Kier alpha value is -1.72. The molecule has 0 bridgehead atoms. The Kier molecular flexibility index (Phi) is 5.32. The van der Waals surface area contributed by atoms with E-state index in [1.54, 1.807) is 11.3 Å². The first-order chi connectivity index (χ1) is 10.4. The van der Waals surface area contributed by atoms with Crippen molar-refractivity contribution in [2.24, 2.45) is 0 Å². The number of quaternary nitrogens is 1. The fourth-order valence-electron chi connectivity index (χ4n) is 2.84. The van der Waals surface area contributed by atoms with Crippen LogP contribution in [0.2, 0.25) is 0 Å². The van der Waals surface area contributed by atoms with Gasteiger partial charge in [-0.3, -0.25) is 9.59 Å². The summed E-state index contributed by atoms with van der Waals surface area (Å²) in [5, 5.41) is 2.06. The standard InChI is InChI=1S/C17H22N2O2S/c1-5-19(9-14-7-6-8-22-14)10-15(21)17-11(2)16(13(4)20)12(3)18-17/h6-8,18H,5,9-10H2,1-4H3/p+1. The number of hydrogen-bond donors (Lipinski definition) is 2. The number of aryl methyl sites for hydroxylation is 1. The van der Waals surface area contributed by atoms with Gasteiger partial charge in [-0.15, -0.1) is 11.3 Å². The molecule has 0 saturated carbocycles. The van der Waals surface area contributed by atoms with Crippen LogP contribution >= 0.6 is 11.3 Å². The number of Topliss-reactive ketones (excluding diaryl/α,β-unsaturated/α-hetero) is 2. The molecule has 0 saturated heterocycles. The molecule has 0 aliphatic carbocycles. The first-order valence-electron chi connectivity index (χ1n) is 7.53. The zero-order chi connectivity index (χ0) is 16.3. The third-order valence-electron chi connectivity index (χ3n) is 3.98. The summed E-state index contributed by atoms with van der Waals surface area (Å²) < 4.78 is 0. The quantitative estimate of drug-likeness (QED) is 0.769. The van der Waals surface area contributed by atoms with Gasteiger partial charge in [-0.1, -0.05) is 6.07 Å². The summed E-state index contributed by atoms with van der Waals surface area (Å²) >= 11 is 1.72. The predicted octanol–water partition coefficient (Wildman–Crippen LogP) is 2.18. The van der Waals surface area contributed by atoms with Gasteiger partial charge in [0.15, 0.2) is 5.78 Å². The molecule has 0 fully saturated rings. The van der Waals surface area contributed by atoms with E-state index < -0.39 is 0 Å². The molecule has 118 valence electrons. The number of likely N-dealkylation sites (N-methyl/N-ethyl adjacent to an activating group) is 1. The van der Waals surface area contributed by atoms with E-state index in [4.69, 9.17) is 0 Å². The number of aromatic nitrogens is 1. The first kappa shape index (κ1) is 16.6. The average Bonchev–Trinajstić information content (AvgIpc) is 3.05. The van der Waals surface area contributed by atoms with Crippen LogP contribution in [0.25, 0.3) is 0 Å². The Balaban J connectivity index is 2.14. The van der Waals surface area contributed by atoms with Crippen molar-refractivity contribution in [2.75, 3.05) is 13.1 Å². The molecule has 1 atom stereocenters. The lowest BCUT2D eigenvalue weighted by Crippen LogP contribution is -3.11. The molecule has 0 spiro atoms. The molecular weight excluding hydrogens is 296 g/mol. The molecule has 5 heteroatoms. The molecule has 0 amide bonds. The number of thiophene rings is 1. The molecule has 4 nitrogen and oxygen atoms in total. The highest BCUT2D eigenvalue weighted by molar-refractivity contribution is 7.09. The van der Waals surface area contributed by atoms with E-state index in [1.165, 1.54) is 16.7 Å². The molecule has 0 radical (unpaired) electrons. The van der Waals surface area contributed by atoms with E-state index >= 15 is 0 Å². The second kappa shape index (κ2) is 7.03. The number of hydrogen-bond acceptors (Lipinski definition) is 3. The molecule has 0 aliphatic heterocycles. The van der Waals surface area contributed by atoms with Crippen molar-refractivity contribution in [1.82, 2.24) is 4.98 Å². The summed E-state index contributed by atoms with van der Waals surface area (Å²) in [4.78, 5) is 29.9. The SMILES string of the molecule is CC[NH+](CC(=O)c1[nH]c(C)c(C(C)=O)c1C)Cc1cccs1. The van der Waals surface area contributed by atoms with Gasteiger partial charge in [0.05, 0.1) is 17.1 Å². The topological polar surface area (TPSA) is 54.4 Å². The maximum atomic E-state index is 12.6. The highest BCUT2D eigenvalue weighted by Crippen LogP contribution is 2.18. The van der Waals surface area contributed by atoms with Crippen molar-refractivity contribution in [1.29, 1.82) is 0 Å². The fourth-order valence-corrected chi connectivity index (χ4v) is 3.62. The molecule has 2 aromatic heterocycles. The molecule has 2 heterocycles. The van der Waals surface area contributed by atoms with E-state index in [2.05, 4.69) is 23.4 Å². The number of aromatic amines is 1. The number of ketones is 2. The highest BCUT2D eigenvalue weighted by atomic mass is 32.1. The van der Waals surface area contributed by atoms with Crippen LogP contribution in [0.15, 0.2) is 17.5 Å². The van der Waals surface area contributed by atoms with Crippen LogP contribution in [0.3, 0.4) is 0 Å². The van der Waals surface area contributed by atoms with E-state index in [0.29, 0.717) is 17.8 Å². The summed E-state index contributed by atoms with van der Waals surface area (Å²) in [6, 6.07) is 4.13. The van der Waals surface area contributed by atoms with Crippen molar-refractivity contribution in [2.45, 2.75) is 34.2 Å². The Morgan fingerprint density at radius 3 is 2.55 bits per heavy atom. The van der Waals surface area contributed by atoms with Crippen LogP contribution in [-0.2, 0) is 6.54 Å². The molecule has 1 unspecified atom stereocenters. The Morgan fingerprint density at radius 2 is 2.05 bits per heavy atom. The first-order valence-corrected chi connectivity index (χ1v) is 8.41. The summed E-state index contributed by atoms with van der Waals surface area (Å²) in [6.07, 6.45) is 0. The zero-order valence-electron chi connectivity index (χ0n) is 13.6. The van der Waals surface area contributed by atoms with Crippen LogP contribution in [0.5, 0.6) is 0 Å². The minimum Gasteiger partial charge on any atom is -0.355 e. The van der Waals surface area contributed by atoms with E-state index in [-0.39, 0.29) is 11.6 Å². The molecule has 2 N–H and O–H groups in total. The van der Waals surface area contributed by atoms with Gasteiger partial charge in [0, 0.05) is 11.3 Å². The molecular formula is C17H23N2O2S+. The van der Waals surface area contributed by atoms with Crippen molar-refractivity contribution in [3.05, 3.63) is 44.9 Å². The summed E-state index contributed by atoms with van der Waals surface area (Å²) in [7, 11) is 0.